The molecule has 0 amide bonds. The van der Waals surface area contributed by atoms with Gasteiger partial charge in [0, 0.05) is 4.90 Å². The third-order valence-electron chi connectivity index (χ3n) is 6.88. The number of ether oxygens (including phenoxy) is 5. The van der Waals surface area contributed by atoms with Gasteiger partial charge in [0.05, 0.1) is 29.9 Å². The van der Waals surface area contributed by atoms with Crippen LogP contribution in [0.1, 0.15) is 31.1 Å². The fourth-order valence-electron chi connectivity index (χ4n) is 4.73. The predicted octanol–water partition coefficient (Wildman–Crippen LogP) is 5.19. The SMILES string of the molecule is O=C(OC[C@H]1O[C@H](Sc2ccccc2)[C@H](OCCO)[C@@H](OC(=O)c2ccccc2)[C@@H]1OC(=O)c1ccccc1)c1ccccc1. The maximum Gasteiger partial charge on any atom is 0.338 e. The van der Waals surface area contributed by atoms with Gasteiger partial charge in [-0.2, -0.15) is 0 Å². The Morgan fingerprint density at radius 3 is 1.60 bits per heavy atom. The summed E-state index contributed by atoms with van der Waals surface area (Å²) in [5.74, 6) is -1.97. The number of rotatable bonds is 12. The summed E-state index contributed by atoms with van der Waals surface area (Å²) in [6, 6.07) is 34.5. The Morgan fingerprint density at radius 2 is 1.09 bits per heavy atom. The van der Waals surface area contributed by atoms with Crippen molar-refractivity contribution in [3.63, 3.8) is 0 Å². The van der Waals surface area contributed by atoms with Gasteiger partial charge in [0.25, 0.3) is 0 Å². The average molecular weight is 629 g/mol. The van der Waals surface area contributed by atoms with Crippen LogP contribution in [0.5, 0.6) is 0 Å². The van der Waals surface area contributed by atoms with Gasteiger partial charge in [-0.05, 0) is 48.5 Å². The molecule has 0 aromatic heterocycles. The lowest BCUT2D eigenvalue weighted by molar-refractivity contribution is -0.220. The van der Waals surface area contributed by atoms with E-state index in [0.717, 1.165) is 4.90 Å². The Balaban J connectivity index is 1.51. The molecule has 5 atom stereocenters. The van der Waals surface area contributed by atoms with Crippen LogP contribution < -0.4 is 0 Å². The van der Waals surface area contributed by atoms with E-state index < -0.39 is 47.8 Å². The highest BCUT2D eigenvalue weighted by Gasteiger charge is 2.52. The second-order valence-corrected chi connectivity index (χ2v) is 11.1. The Hall–Kier alpha value is -4.48. The average Bonchev–Trinajstić information content (AvgIpc) is 3.09. The van der Waals surface area contributed by atoms with Gasteiger partial charge in [0.15, 0.2) is 12.2 Å². The highest BCUT2D eigenvalue weighted by molar-refractivity contribution is 7.99. The summed E-state index contributed by atoms with van der Waals surface area (Å²) in [7, 11) is 0. The van der Waals surface area contributed by atoms with Crippen LogP contribution in [0, 0.1) is 0 Å². The summed E-state index contributed by atoms with van der Waals surface area (Å²) < 4.78 is 30.2. The van der Waals surface area contributed by atoms with Crippen molar-refractivity contribution in [1.29, 1.82) is 0 Å². The molecule has 4 aromatic rings. The van der Waals surface area contributed by atoms with Gasteiger partial charge in [-0.25, -0.2) is 14.4 Å². The largest absolute Gasteiger partial charge is 0.459 e. The number of carbonyl (C=O) groups excluding carboxylic acids is 3. The number of thioether (sulfide) groups is 1. The number of esters is 3. The molecule has 0 unspecified atom stereocenters. The minimum Gasteiger partial charge on any atom is -0.459 e. The first-order valence-electron chi connectivity index (χ1n) is 14.4. The van der Waals surface area contributed by atoms with Crippen LogP contribution >= 0.6 is 11.8 Å². The molecule has 1 aliphatic rings. The van der Waals surface area contributed by atoms with Gasteiger partial charge in [0.2, 0.25) is 0 Å². The smallest absolute Gasteiger partial charge is 0.338 e. The zero-order valence-electron chi connectivity index (χ0n) is 24.2. The lowest BCUT2D eigenvalue weighted by Crippen LogP contribution is -2.61. The lowest BCUT2D eigenvalue weighted by atomic mass is 9.98. The molecule has 1 fully saturated rings. The molecule has 0 spiro atoms. The van der Waals surface area contributed by atoms with Crippen molar-refractivity contribution < 1.29 is 43.2 Å². The summed E-state index contributed by atoms with van der Waals surface area (Å²) in [5, 5.41) is 9.66. The Labute approximate surface area is 265 Å². The van der Waals surface area contributed by atoms with E-state index in [-0.39, 0.29) is 30.9 Å². The molecule has 4 aromatic carbocycles. The monoisotopic (exact) mass is 628 g/mol. The molecule has 10 heteroatoms. The summed E-state index contributed by atoms with van der Waals surface area (Å²) in [6.07, 6.45) is -4.53. The first-order chi connectivity index (χ1) is 22.0. The van der Waals surface area contributed by atoms with E-state index in [2.05, 4.69) is 0 Å². The van der Waals surface area contributed by atoms with Crippen molar-refractivity contribution in [2.75, 3.05) is 19.8 Å². The van der Waals surface area contributed by atoms with Crippen LogP contribution in [0.25, 0.3) is 0 Å². The molecular formula is C35H32O9S. The molecule has 0 radical (unpaired) electrons. The molecule has 0 saturated carbocycles. The van der Waals surface area contributed by atoms with Crippen molar-refractivity contribution in [3.05, 3.63) is 138 Å². The van der Waals surface area contributed by atoms with Crippen LogP contribution in [0.15, 0.2) is 126 Å². The van der Waals surface area contributed by atoms with Crippen LogP contribution in [0.3, 0.4) is 0 Å². The maximum absolute atomic E-state index is 13.5. The Morgan fingerprint density at radius 1 is 0.622 bits per heavy atom. The number of aliphatic hydroxyl groups is 1. The number of aliphatic hydroxyl groups excluding tert-OH is 1. The topological polar surface area (TPSA) is 118 Å². The lowest BCUT2D eigenvalue weighted by Gasteiger charge is -2.44. The van der Waals surface area contributed by atoms with Crippen molar-refractivity contribution in [1.82, 2.24) is 0 Å². The molecule has 5 rings (SSSR count). The summed E-state index contributed by atoms with van der Waals surface area (Å²) in [6.45, 7) is -0.740. The quantitative estimate of drug-likeness (QED) is 0.166. The highest BCUT2D eigenvalue weighted by Crippen LogP contribution is 2.38. The molecule has 1 aliphatic heterocycles. The van der Waals surface area contributed by atoms with Crippen molar-refractivity contribution >= 4 is 29.7 Å². The van der Waals surface area contributed by atoms with Gasteiger partial charge >= 0.3 is 17.9 Å². The molecule has 45 heavy (non-hydrogen) atoms. The van der Waals surface area contributed by atoms with Crippen LogP contribution in [-0.4, -0.2) is 72.7 Å². The Kier molecular flexibility index (Phi) is 11.4. The minimum atomic E-state index is -1.26. The standard InChI is InChI=1S/C35H32O9S/c36-21-22-40-31-30(44-34(39)26-17-9-3-10-18-26)29(43-33(38)25-15-7-2-8-16-25)28(23-41-32(37)24-13-5-1-6-14-24)42-35(31)45-27-19-11-4-12-20-27/h1-20,28-31,35-36H,21-23H2/t28-,29-,30+,31-,35-/m1/s1. The van der Waals surface area contributed by atoms with Gasteiger partial charge in [0.1, 0.15) is 24.3 Å². The number of carbonyl (C=O) groups is 3. The molecular weight excluding hydrogens is 596 g/mol. The van der Waals surface area contributed by atoms with E-state index in [0.29, 0.717) is 5.56 Å². The molecule has 0 aliphatic carbocycles. The van der Waals surface area contributed by atoms with E-state index in [4.69, 9.17) is 23.7 Å². The van der Waals surface area contributed by atoms with Crippen LogP contribution in [-0.2, 0) is 23.7 Å². The molecule has 9 nitrogen and oxygen atoms in total. The first-order valence-corrected chi connectivity index (χ1v) is 15.3. The van der Waals surface area contributed by atoms with Gasteiger partial charge in [-0.1, -0.05) is 84.6 Å². The van der Waals surface area contributed by atoms with Crippen molar-refractivity contribution in [3.8, 4) is 0 Å². The van der Waals surface area contributed by atoms with E-state index in [1.165, 1.54) is 11.8 Å². The fourth-order valence-corrected chi connectivity index (χ4v) is 5.88. The van der Waals surface area contributed by atoms with E-state index >= 15 is 0 Å². The second-order valence-electron chi connectivity index (χ2n) is 9.97. The second kappa shape index (κ2) is 16.0. The van der Waals surface area contributed by atoms with Crippen LogP contribution in [0.2, 0.25) is 0 Å². The van der Waals surface area contributed by atoms with Crippen molar-refractivity contribution in [2.45, 2.75) is 34.7 Å². The molecule has 1 heterocycles. The number of benzene rings is 4. The maximum atomic E-state index is 13.5. The molecule has 232 valence electrons. The zero-order chi connectivity index (χ0) is 31.4. The third kappa shape index (κ3) is 8.58. The van der Waals surface area contributed by atoms with Gasteiger partial charge < -0.3 is 28.8 Å². The number of hydrogen-bond acceptors (Lipinski definition) is 10. The van der Waals surface area contributed by atoms with E-state index in [1.54, 1.807) is 91.0 Å². The van der Waals surface area contributed by atoms with E-state index in [1.807, 2.05) is 30.3 Å². The van der Waals surface area contributed by atoms with Gasteiger partial charge in [-0.15, -0.1) is 0 Å². The summed E-state index contributed by atoms with van der Waals surface area (Å²) in [4.78, 5) is 40.6. The number of hydrogen-bond donors (Lipinski definition) is 1. The third-order valence-corrected chi connectivity index (χ3v) is 8.04. The molecule has 1 N–H and O–H groups in total. The van der Waals surface area contributed by atoms with Gasteiger partial charge in [-0.3, -0.25) is 0 Å². The normalized spacial score (nSPS) is 21.0. The Bertz CT molecular complexity index is 1520. The predicted molar refractivity (Wildman–Crippen MR) is 166 cm³/mol. The molecule has 0 bridgehead atoms. The first kappa shape index (κ1) is 31.9. The zero-order valence-corrected chi connectivity index (χ0v) is 25.0. The molecule has 1 saturated heterocycles. The summed E-state index contributed by atoms with van der Waals surface area (Å²) >= 11 is 1.30. The fraction of sp³-hybridized carbons (Fsp3) is 0.229. The minimum absolute atomic E-state index is 0.105. The summed E-state index contributed by atoms with van der Waals surface area (Å²) in [5.41, 5.74) is 0.0498. The van der Waals surface area contributed by atoms with Crippen molar-refractivity contribution in [2.24, 2.45) is 0 Å². The van der Waals surface area contributed by atoms with E-state index in [9.17, 15) is 19.5 Å². The highest BCUT2D eigenvalue weighted by atomic mass is 32.2. The van der Waals surface area contributed by atoms with Crippen LogP contribution in [0.4, 0.5) is 0 Å².